The van der Waals surface area contributed by atoms with Crippen LogP contribution in [0.3, 0.4) is 0 Å². The van der Waals surface area contributed by atoms with Crippen molar-refractivity contribution in [2.75, 3.05) is 13.6 Å². The van der Waals surface area contributed by atoms with Crippen LogP contribution in [0.15, 0.2) is 54.6 Å². The van der Waals surface area contributed by atoms with Gasteiger partial charge in [-0.3, -0.25) is 9.69 Å². The van der Waals surface area contributed by atoms with Crippen LogP contribution in [0.2, 0.25) is 5.02 Å². The number of nitrogens with one attached hydrogen (secondary N) is 1. The maximum absolute atomic E-state index is 12.1. The molecule has 0 heterocycles. The summed E-state index contributed by atoms with van der Waals surface area (Å²) in [5.74, 6) is 0.0211. The summed E-state index contributed by atoms with van der Waals surface area (Å²) in [7, 11) is 1.93. The van der Waals surface area contributed by atoms with Crippen molar-refractivity contribution in [2.24, 2.45) is 0 Å². The molecular weight excluding hydrogens is 296 g/mol. The zero-order valence-corrected chi connectivity index (χ0v) is 13.7. The van der Waals surface area contributed by atoms with E-state index in [-0.39, 0.29) is 11.9 Å². The monoisotopic (exact) mass is 316 g/mol. The van der Waals surface area contributed by atoms with Gasteiger partial charge in [-0.15, -0.1) is 0 Å². The van der Waals surface area contributed by atoms with Crippen LogP contribution in [0.4, 0.5) is 0 Å². The van der Waals surface area contributed by atoms with Gasteiger partial charge in [-0.05, 0) is 37.2 Å². The first kappa shape index (κ1) is 16.5. The number of likely N-dealkylation sites (N-methyl/N-ethyl adjacent to an activating group) is 1. The molecule has 1 unspecified atom stereocenters. The average molecular weight is 317 g/mol. The highest BCUT2D eigenvalue weighted by Crippen LogP contribution is 2.12. The summed E-state index contributed by atoms with van der Waals surface area (Å²) in [4.78, 5) is 14.1. The van der Waals surface area contributed by atoms with Crippen LogP contribution >= 0.6 is 11.6 Å². The molecule has 3 nitrogen and oxygen atoms in total. The normalized spacial score (nSPS) is 12.2. The molecule has 0 fully saturated rings. The number of benzene rings is 2. The second kappa shape index (κ2) is 7.97. The molecular formula is C18H21ClN2O. The summed E-state index contributed by atoms with van der Waals surface area (Å²) < 4.78 is 0. The molecule has 0 aliphatic heterocycles. The zero-order valence-electron chi connectivity index (χ0n) is 12.9. The second-order valence-electron chi connectivity index (χ2n) is 5.50. The average Bonchev–Trinajstić information content (AvgIpc) is 2.50. The summed E-state index contributed by atoms with van der Waals surface area (Å²) in [5, 5.41) is 3.74. The maximum atomic E-state index is 12.1. The van der Waals surface area contributed by atoms with E-state index in [9.17, 15) is 4.79 Å². The number of halogens is 1. The highest BCUT2D eigenvalue weighted by atomic mass is 35.5. The highest BCUT2D eigenvalue weighted by molar-refractivity contribution is 6.30. The van der Waals surface area contributed by atoms with E-state index < -0.39 is 0 Å². The molecule has 2 aromatic carbocycles. The number of hydrogen-bond acceptors (Lipinski definition) is 2. The van der Waals surface area contributed by atoms with Crippen molar-refractivity contribution < 1.29 is 4.79 Å². The summed E-state index contributed by atoms with van der Waals surface area (Å²) in [5.41, 5.74) is 2.24. The number of amides is 1. The quantitative estimate of drug-likeness (QED) is 0.882. The van der Waals surface area contributed by atoms with Crippen molar-refractivity contribution in [3.63, 3.8) is 0 Å². The predicted molar refractivity (Wildman–Crippen MR) is 90.8 cm³/mol. The Morgan fingerprint density at radius 2 is 1.77 bits per heavy atom. The standard InChI is InChI=1S/C18H21ClN2O/c1-14(16-6-4-3-5-7-16)20-18(22)13-21(2)12-15-8-10-17(19)11-9-15/h3-11,14H,12-13H2,1-2H3,(H,20,22). The lowest BCUT2D eigenvalue weighted by Gasteiger charge is -2.19. The Bertz CT molecular complexity index is 598. The van der Waals surface area contributed by atoms with Gasteiger partial charge in [-0.1, -0.05) is 54.1 Å². The van der Waals surface area contributed by atoms with Crippen molar-refractivity contribution in [1.82, 2.24) is 10.2 Å². The third kappa shape index (κ3) is 5.17. The molecule has 22 heavy (non-hydrogen) atoms. The molecule has 4 heteroatoms. The molecule has 0 aliphatic rings. The molecule has 1 atom stereocenters. The van der Waals surface area contributed by atoms with Gasteiger partial charge in [0.2, 0.25) is 5.91 Å². The van der Waals surface area contributed by atoms with E-state index in [1.807, 2.05) is 73.5 Å². The molecule has 0 saturated carbocycles. The fourth-order valence-electron chi connectivity index (χ4n) is 2.31. The third-order valence-electron chi connectivity index (χ3n) is 3.46. The molecule has 0 spiro atoms. The van der Waals surface area contributed by atoms with E-state index in [0.29, 0.717) is 13.1 Å². The Morgan fingerprint density at radius 3 is 2.41 bits per heavy atom. The Hall–Kier alpha value is -1.84. The predicted octanol–water partition coefficient (Wildman–Crippen LogP) is 3.65. The van der Waals surface area contributed by atoms with Crippen LogP contribution < -0.4 is 5.32 Å². The van der Waals surface area contributed by atoms with Gasteiger partial charge in [0, 0.05) is 11.6 Å². The van der Waals surface area contributed by atoms with Gasteiger partial charge in [0.15, 0.2) is 0 Å². The number of rotatable bonds is 6. The van der Waals surface area contributed by atoms with Crippen LogP contribution in [0.1, 0.15) is 24.1 Å². The van der Waals surface area contributed by atoms with Gasteiger partial charge < -0.3 is 5.32 Å². The first-order chi connectivity index (χ1) is 10.5. The summed E-state index contributed by atoms with van der Waals surface area (Å²) >= 11 is 5.87. The minimum Gasteiger partial charge on any atom is -0.348 e. The molecule has 116 valence electrons. The smallest absolute Gasteiger partial charge is 0.234 e. The summed E-state index contributed by atoms with van der Waals surface area (Å²) in [6.07, 6.45) is 0. The van der Waals surface area contributed by atoms with Crippen LogP contribution in [0, 0.1) is 0 Å². The van der Waals surface area contributed by atoms with Gasteiger partial charge in [-0.25, -0.2) is 0 Å². The first-order valence-electron chi connectivity index (χ1n) is 7.32. The third-order valence-corrected chi connectivity index (χ3v) is 3.71. The molecule has 0 radical (unpaired) electrons. The van der Waals surface area contributed by atoms with Gasteiger partial charge in [0.25, 0.3) is 0 Å². The Balaban J connectivity index is 1.82. The first-order valence-corrected chi connectivity index (χ1v) is 7.69. The van der Waals surface area contributed by atoms with E-state index in [1.165, 1.54) is 0 Å². The van der Waals surface area contributed by atoms with E-state index >= 15 is 0 Å². The van der Waals surface area contributed by atoms with Crippen molar-refractivity contribution >= 4 is 17.5 Å². The van der Waals surface area contributed by atoms with E-state index in [0.717, 1.165) is 16.1 Å². The maximum Gasteiger partial charge on any atom is 0.234 e. The second-order valence-corrected chi connectivity index (χ2v) is 5.94. The Morgan fingerprint density at radius 1 is 1.14 bits per heavy atom. The number of carbonyl (C=O) groups is 1. The lowest BCUT2D eigenvalue weighted by Crippen LogP contribution is -2.36. The topological polar surface area (TPSA) is 32.3 Å². The molecule has 0 saturated heterocycles. The van der Waals surface area contributed by atoms with Crippen LogP contribution in [-0.2, 0) is 11.3 Å². The van der Waals surface area contributed by atoms with E-state index in [1.54, 1.807) is 0 Å². The SMILES string of the molecule is CC(NC(=O)CN(C)Cc1ccc(Cl)cc1)c1ccccc1. The molecule has 1 amide bonds. The van der Waals surface area contributed by atoms with Crippen LogP contribution in [-0.4, -0.2) is 24.4 Å². The van der Waals surface area contributed by atoms with Gasteiger partial charge in [0.05, 0.1) is 12.6 Å². The summed E-state index contributed by atoms with van der Waals surface area (Å²) in [6, 6.07) is 17.6. The Labute approximate surface area is 136 Å². The zero-order chi connectivity index (χ0) is 15.9. The molecule has 0 bridgehead atoms. The molecule has 0 aliphatic carbocycles. The fraction of sp³-hybridized carbons (Fsp3) is 0.278. The summed E-state index contributed by atoms with van der Waals surface area (Å²) in [6.45, 7) is 3.07. The van der Waals surface area contributed by atoms with Crippen LogP contribution in [0.25, 0.3) is 0 Å². The Kier molecular flexibility index (Phi) is 5.99. The molecule has 2 rings (SSSR count). The lowest BCUT2D eigenvalue weighted by molar-refractivity contribution is -0.122. The molecule has 1 N–H and O–H groups in total. The lowest BCUT2D eigenvalue weighted by atomic mass is 10.1. The number of carbonyl (C=O) groups excluding carboxylic acids is 1. The molecule has 2 aromatic rings. The van der Waals surface area contributed by atoms with E-state index in [2.05, 4.69) is 5.32 Å². The van der Waals surface area contributed by atoms with Crippen molar-refractivity contribution in [2.45, 2.75) is 19.5 Å². The molecule has 0 aromatic heterocycles. The van der Waals surface area contributed by atoms with E-state index in [4.69, 9.17) is 11.6 Å². The largest absolute Gasteiger partial charge is 0.348 e. The van der Waals surface area contributed by atoms with Crippen molar-refractivity contribution in [3.05, 3.63) is 70.7 Å². The van der Waals surface area contributed by atoms with Crippen molar-refractivity contribution in [1.29, 1.82) is 0 Å². The van der Waals surface area contributed by atoms with Gasteiger partial charge >= 0.3 is 0 Å². The van der Waals surface area contributed by atoms with Gasteiger partial charge in [0.1, 0.15) is 0 Å². The number of hydrogen-bond donors (Lipinski definition) is 1. The highest BCUT2D eigenvalue weighted by Gasteiger charge is 2.11. The number of nitrogens with zero attached hydrogens (tertiary/aromatic N) is 1. The fourth-order valence-corrected chi connectivity index (χ4v) is 2.44. The van der Waals surface area contributed by atoms with Gasteiger partial charge in [-0.2, -0.15) is 0 Å². The van der Waals surface area contributed by atoms with Crippen LogP contribution in [0.5, 0.6) is 0 Å². The minimum absolute atomic E-state index is 0.0117. The minimum atomic E-state index is 0.0117. The van der Waals surface area contributed by atoms with Crippen molar-refractivity contribution in [3.8, 4) is 0 Å².